The smallest absolute Gasteiger partial charge is 0.165 e. The number of benzene rings is 1. The van der Waals surface area contributed by atoms with Crippen molar-refractivity contribution < 1.29 is 4.74 Å². The number of thiocarbonyl (C=S) groups is 1. The number of hydrogen-bond donors (Lipinski definition) is 1. The Morgan fingerprint density at radius 1 is 1.45 bits per heavy atom. The van der Waals surface area contributed by atoms with E-state index in [-0.39, 0.29) is 0 Å². The molecule has 0 spiro atoms. The normalized spacial score (nSPS) is 10.5. The lowest BCUT2D eigenvalue weighted by molar-refractivity contribution is 0.479. The van der Waals surface area contributed by atoms with Crippen molar-refractivity contribution >= 4 is 29.0 Å². The molecule has 0 radical (unpaired) electrons. The lowest BCUT2D eigenvalue weighted by Gasteiger charge is -2.12. The van der Waals surface area contributed by atoms with Crippen LogP contribution in [0.5, 0.6) is 11.5 Å². The van der Waals surface area contributed by atoms with Crippen LogP contribution in [0.1, 0.15) is 19.4 Å². The summed E-state index contributed by atoms with van der Waals surface area (Å²) < 4.78 is 7.68. The Hall–Kier alpha value is -1.53. The van der Waals surface area contributed by atoms with E-state index in [0.29, 0.717) is 16.5 Å². The van der Waals surface area contributed by atoms with Crippen LogP contribution in [0, 0.1) is 0 Å². The van der Waals surface area contributed by atoms with Crippen molar-refractivity contribution in [1.82, 2.24) is 9.78 Å². The molecule has 0 saturated heterocycles. The zero-order chi connectivity index (χ0) is 14.5. The molecule has 2 N–H and O–H groups in total. The van der Waals surface area contributed by atoms with Gasteiger partial charge in [-0.3, -0.25) is 4.68 Å². The van der Waals surface area contributed by atoms with E-state index < -0.39 is 0 Å². The summed E-state index contributed by atoms with van der Waals surface area (Å²) in [6.07, 6.45) is 3.54. The Balaban J connectivity index is 2.35. The molecular weight excluding hydrogens is 290 g/mol. The topological polar surface area (TPSA) is 53.1 Å². The van der Waals surface area contributed by atoms with Crippen LogP contribution in [0.2, 0.25) is 0 Å². The molecule has 1 aromatic carbocycles. The number of thioether (sulfide) groups is 1. The predicted molar refractivity (Wildman–Crippen MR) is 86.7 cm³/mol. The maximum Gasteiger partial charge on any atom is 0.165 e. The summed E-state index contributed by atoms with van der Waals surface area (Å²) in [5, 5.41) is 4.19. The Morgan fingerprint density at radius 2 is 2.25 bits per heavy atom. The molecule has 6 heteroatoms. The lowest BCUT2D eigenvalue weighted by Crippen LogP contribution is -2.12. The molecule has 0 aliphatic rings. The molecule has 20 heavy (non-hydrogen) atoms. The Kier molecular flexibility index (Phi) is 5.03. The summed E-state index contributed by atoms with van der Waals surface area (Å²) >= 11 is 6.86. The highest BCUT2D eigenvalue weighted by Crippen LogP contribution is 2.32. The van der Waals surface area contributed by atoms with Crippen molar-refractivity contribution in [3.05, 3.63) is 36.2 Å². The van der Waals surface area contributed by atoms with E-state index >= 15 is 0 Å². The number of nitrogens with zero attached hydrogens (tertiary/aromatic N) is 2. The standard InChI is InChI=1S/C14H17N3OS2/c1-3-17-9-10(8-16-17)18-11-6-5-7-12(20-4-2)13(11)14(15)19/h5-9H,3-4H2,1-2H3,(H2,15,19). The third kappa shape index (κ3) is 3.32. The highest BCUT2D eigenvalue weighted by atomic mass is 32.2. The fourth-order valence-corrected chi connectivity index (χ4v) is 2.93. The highest BCUT2D eigenvalue weighted by molar-refractivity contribution is 7.99. The van der Waals surface area contributed by atoms with E-state index in [9.17, 15) is 0 Å². The van der Waals surface area contributed by atoms with Gasteiger partial charge in [0.05, 0.1) is 18.0 Å². The lowest BCUT2D eigenvalue weighted by atomic mass is 10.2. The van der Waals surface area contributed by atoms with Crippen LogP contribution in [-0.4, -0.2) is 20.5 Å². The molecule has 0 bridgehead atoms. The molecule has 0 fully saturated rings. The third-order valence-electron chi connectivity index (χ3n) is 2.70. The van der Waals surface area contributed by atoms with Gasteiger partial charge in [-0.15, -0.1) is 11.8 Å². The van der Waals surface area contributed by atoms with E-state index in [4.69, 9.17) is 22.7 Å². The summed E-state index contributed by atoms with van der Waals surface area (Å²) in [5.41, 5.74) is 6.64. The number of aromatic nitrogens is 2. The van der Waals surface area contributed by atoms with Gasteiger partial charge >= 0.3 is 0 Å². The Labute approximate surface area is 128 Å². The molecule has 0 saturated carbocycles. The van der Waals surface area contributed by atoms with Crippen molar-refractivity contribution in [2.75, 3.05) is 5.75 Å². The number of hydrogen-bond acceptors (Lipinski definition) is 4. The van der Waals surface area contributed by atoms with E-state index in [1.807, 2.05) is 31.3 Å². The highest BCUT2D eigenvalue weighted by Gasteiger charge is 2.13. The number of rotatable bonds is 6. The molecule has 106 valence electrons. The maximum atomic E-state index is 5.88. The van der Waals surface area contributed by atoms with Crippen molar-refractivity contribution in [2.45, 2.75) is 25.3 Å². The summed E-state index contributed by atoms with van der Waals surface area (Å²) in [6, 6.07) is 5.82. The van der Waals surface area contributed by atoms with Crippen LogP contribution >= 0.6 is 24.0 Å². The summed E-state index contributed by atoms with van der Waals surface area (Å²) in [5.74, 6) is 2.31. The summed E-state index contributed by atoms with van der Waals surface area (Å²) in [6.45, 7) is 4.92. The molecule has 2 rings (SSSR count). The minimum atomic E-state index is 0.347. The largest absolute Gasteiger partial charge is 0.453 e. The van der Waals surface area contributed by atoms with Gasteiger partial charge in [0.1, 0.15) is 10.7 Å². The van der Waals surface area contributed by atoms with Crippen LogP contribution in [0.15, 0.2) is 35.5 Å². The third-order valence-corrected chi connectivity index (χ3v) is 3.84. The second-order valence-corrected chi connectivity index (χ2v) is 5.81. The van der Waals surface area contributed by atoms with E-state index in [1.165, 1.54) is 0 Å². The van der Waals surface area contributed by atoms with Gasteiger partial charge in [0, 0.05) is 11.4 Å². The molecule has 1 heterocycles. The van der Waals surface area contributed by atoms with Crippen molar-refractivity contribution in [3.63, 3.8) is 0 Å². The average Bonchev–Trinajstić information content (AvgIpc) is 2.86. The summed E-state index contributed by atoms with van der Waals surface area (Å²) in [7, 11) is 0. The molecule has 0 unspecified atom stereocenters. The zero-order valence-corrected chi connectivity index (χ0v) is 13.1. The number of aryl methyl sites for hydroxylation is 1. The van der Waals surface area contributed by atoms with Crippen LogP contribution < -0.4 is 10.5 Å². The second kappa shape index (κ2) is 6.76. The minimum Gasteiger partial charge on any atom is -0.453 e. The molecule has 1 aromatic heterocycles. The van der Waals surface area contributed by atoms with Crippen molar-refractivity contribution in [2.24, 2.45) is 5.73 Å². The average molecular weight is 307 g/mol. The fourth-order valence-electron chi connectivity index (χ4n) is 1.81. The Bertz CT molecular complexity index is 610. The summed E-state index contributed by atoms with van der Waals surface area (Å²) in [4.78, 5) is 1.39. The van der Waals surface area contributed by atoms with Crippen molar-refractivity contribution in [1.29, 1.82) is 0 Å². The van der Waals surface area contributed by atoms with Gasteiger partial charge in [-0.1, -0.05) is 25.2 Å². The van der Waals surface area contributed by atoms with Crippen LogP contribution in [0.25, 0.3) is 0 Å². The van der Waals surface area contributed by atoms with Gasteiger partial charge in [-0.25, -0.2) is 0 Å². The first-order chi connectivity index (χ1) is 9.65. The van der Waals surface area contributed by atoms with E-state index in [2.05, 4.69) is 12.0 Å². The monoisotopic (exact) mass is 307 g/mol. The first-order valence-electron chi connectivity index (χ1n) is 6.41. The minimum absolute atomic E-state index is 0.347. The van der Waals surface area contributed by atoms with Gasteiger partial charge in [0.2, 0.25) is 0 Å². The van der Waals surface area contributed by atoms with Crippen LogP contribution in [0.3, 0.4) is 0 Å². The first-order valence-corrected chi connectivity index (χ1v) is 7.81. The molecule has 0 aliphatic heterocycles. The molecule has 2 aromatic rings. The van der Waals surface area contributed by atoms with Gasteiger partial charge in [-0.05, 0) is 24.8 Å². The Morgan fingerprint density at radius 3 is 2.85 bits per heavy atom. The van der Waals surface area contributed by atoms with Gasteiger partial charge in [0.25, 0.3) is 0 Å². The molecule has 0 amide bonds. The predicted octanol–water partition coefficient (Wildman–Crippen LogP) is 3.44. The molecule has 0 aliphatic carbocycles. The fraction of sp³-hybridized carbons (Fsp3) is 0.286. The van der Waals surface area contributed by atoms with E-state index in [0.717, 1.165) is 22.8 Å². The van der Waals surface area contributed by atoms with Crippen molar-refractivity contribution in [3.8, 4) is 11.5 Å². The molecular formula is C14H17N3OS2. The number of nitrogens with two attached hydrogens (primary N) is 1. The van der Waals surface area contributed by atoms with Gasteiger partial charge in [0.15, 0.2) is 5.75 Å². The van der Waals surface area contributed by atoms with Crippen LogP contribution in [-0.2, 0) is 6.54 Å². The van der Waals surface area contributed by atoms with Gasteiger partial charge in [-0.2, -0.15) is 5.10 Å². The number of ether oxygens (including phenoxy) is 1. The molecule has 4 nitrogen and oxygen atoms in total. The van der Waals surface area contributed by atoms with E-state index in [1.54, 1.807) is 22.6 Å². The maximum absolute atomic E-state index is 5.88. The second-order valence-electron chi connectivity index (χ2n) is 4.06. The molecule has 0 atom stereocenters. The van der Waals surface area contributed by atoms with Crippen LogP contribution in [0.4, 0.5) is 0 Å². The quantitative estimate of drug-likeness (QED) is 0.654. The zero-order valence-electron chi connectivity index (χ0n) is 11.5. The SMILES string of the molecule is CCSc1cccc(Oc2cnn(CC)c2)c1C(N)=S. The van der Waals surface area contributed by atoms with Gasteiger partial charge < -0.3 is 10.5 Å². The first kappa shape index (κ1) is 14.9.